The smallest absolute Gasteiger partial charge is 0.329 e. The van der Waals surface area contributed by atoms with Gasteiger partial charge in [-0.3, -0.25) is 0 Å². The van der Waals surface area contributed by atoms with E-state index in [0.717, 1.165) is 0 Å². The second kappa shape index (κ2) is 11.2. The highest BCUT2D eigenvalue weighted by Gasteiger charge is 2.31. The summed E-state index contributed by atoms with van der Waals surface area (Å²) in [6.45, 7) is 0. The SMILES string of the molecule is CN(c1ccc(NC(=O)Nc2cc(C(F)(F)F)ccc2F)cc1)c1ccnc(Nc2ccc(S(N)(=O)=O)cc2)n1. The Bertz CT molecular complexity index is 1630. The molecule has 0 aliphatic carbocycles. The van der Waals surface area contributed by atoms with Gasteiger partial charge in [0.15, 0.2) is 0 Å². The van der Waals surface area contributed by atoms with Gasteiger partial charge >= 0.3 is 12.2 Å². The van der Waals surface area contributed by atoms with Crippen LogP contribution in [0.3, 0.4) is 0 Å². The van der Waals surface area contributed by atoms with Crippen molar-refractivity contribution in [2.45, 2.75) is 11.1 Å². The summed E-state index contributed by atoms with van der Waals surface area (Å²) in [5.74, 6) is -0.277. The summed E-state index contributed by atoms with van der Waals surface area (Å²) >= 11 is 0. The Morgan fingerprint density at radius 1 is 0.925 bits per heavy atom. The van der Waals surface area contributed by atoms with Crippen LogP contribution in [0.2, 0.25) is 0 Å². The minimum Gasteiger partial charge on any atom is -0.329 e. The number of halogens is 4. The number of carbonyl (C=O) groups is 1. The molecule has 1 heterocycles. The second-order valence-electron chi connectivity index (χ2n) is 8.31. The third-order valence-corrected chi connectivity index (χ3v) is 6.41. The lowest BCUT2D eigenvalue weighted by Gasteiger charge is -2.19. The van der Waals surface area contributed by atoms with E-state index in [1.807, 2.05) is 0 Å². The summed E-state index contributed by atoms with van der Waals surface area (Å²) in [5.41, 5.74) is -0.213. The lowest BCUT2D eigenvalue weighted by Crippen LogP contribution is -2.20. The zero-order chi connectivity index (χ0) is 29.1. The minimum atomic E-state index is -4.69. The van der Waals surface area contributed by atoms with Gasteiger partial charge in [0.05, 0.1) is 16.1 Å². The number of anilines is 6. The number of alkyl halides is 3. The van der Waals surface area contributed by atoms with Gasteiger partial charge in [-0.2, -0.15) is 18.2 Å². The van der Waals surface area contributed by atoms with Crippen LogP contribution in [0.1, 0.15) is 5.56 Å². The van der Waals surface area contributed by atoms with Crippen LogP contribution in [0.4, 0.5) is 56.9 Å². The Morgan fingerprint density at radius 3 is 2.20 bits per heavy atom. The van der Waals surface area contributed by atoms with Crippen molar-refractivity contribution in [3.8, 4) is 0 Å². The lowest BCUT2D eigenvalue weighted by atomic mass is 10.2. The standard InChI is InChI=1S/C25H21F4N7O3S/c1-36(22-12-13-31-23(35-22)32-16-5-9-19(10-6-16)40(30,38)39)18-7-3-17(4-8-18)33-24(37)34-21-14-15(25(27,28)29)2-11-20(21)26/h2-14H,1H3,(H2,30,38,39)(H,31,32,35)(H2,33,34,37). The van der Waals surface area contributed by atoms with Crippen LogP contribution in [0, 0.1) is 5.82 Å². The molecule has 5 N–H and O–H groups in total. The Morgan fingerprint density at radius 2 is 1.57 bits per heavy atom. The molecule has 40 heavy (non-hydrogen) atoms. The van der Waals surface area contributed by atoms with E-state index in [2.05, 4.69) is 25.9 Å². The molecule has 0 radical (unpaired) electrons. The fourth-order valence-corrected chi connectivity index (χ4v) is 3.95. The van der Waals surface area contributed by atoms with Crippen molar-refractivity contribution in [2.75, 3.05) is 27.9 Å². The lowest BCUT2D eigenvalue weighted by molar-refractivity contribution is -0.137. The molecule has 0 saturated carbocycles. The molecule has 0 bridgehead atoms. The van der Waals surface area contributed by atoms with Gasteiger partial charge in [0.2, 0.25) is 16.0 Å². The van der Waals surface area contributed by atoms with Crippen LogP contribution in [0.15, 0.2) is 83.9 Å². The maximum Gasteiger partial charge on any atom is 0.416 e. The number of carbonyl (C=O) groups excluding carboxylic acids is 1. The number of benzene rings is 3. The van der Waals surface area contributed by atoms with Crippen molar-refractivity contribution in [2.24, 2.45) is 5.14 Å². The highest BCUT2D eigenvalue weighted by molar-refractivity contribution is 7.89. The maximum absolute atomic E-state index is 13.9. The van der Waals surface area contributed by atoms with Gasteiger partial charge < -0.3 is 20.9 Å². The van der Waals surface area contributed by atoms with Gasteiger partial charge in [-0.15, -0.1) is 0 Å². The second-order valence-corrected chi connectivity index (χ2v) is 9.87. The Balaban J connectivity index is 1.40. The number of hydrogen-bond donors (Lipinski definition) is 4. The summed E-state index contributed by atoms with van der Waals surface area (Å²) < 4.78 is 75.4. The zero-order valence-electron chi connectivity index (χ0n) is 20.6. The highest BCUT2D eigenvalue weighted by atomic mass is 32.2. The van der Waals surface area contributed by atoms with E-state index in [-0.39, 0.29) is 10.8 Å². The number of amides is 2. The van der Waals surface area contributed by atoms with Crippen molar-refractivity contribution in [1.82, 2.24) is 9.97 Å². The third kappa shape index (κ3) is 7.00. The van der Waals surface area contributed by atoms with E-state index < -0.39 is 39.3 Å². The number of hydrogen-bond acceptors (Lipinski definition) is 7. The number of urea groups is 1. The Hall–Kier alpha value is -4.76. The van der Waals surface area contributed by atoms with Crippen molar-refractivity contribution in [1.29, 1.82) is 0 Å². The first-order valence-corrected chi connectivity index (χ1v) is 12.9. The molecule has 3 aromatic carbocycles. The first-order valence-electron chi connectivity index (χ1n) is 11.3. The first-order chi connectivity index (χ1) is 18.8. The van der Waals surface area contributed by atoms with Gasteiger partial charge in [0, 0.05) is 30.3 Å². The van der Waals surface area contributed by atoms with Crippen LogP contribution in [-0.4, -0.2) is 31.5 Å². The fraction of sp³-hybridized carbons (Fsp3) is 0.0800. The largest absolute Gasteiger partial charge is 0.416 e. The number of sulfonamides is 1. The molecule has 10 nitrogen and oxygen atoms in total. The van der Waals surface area contributed by atoms with Gasteiger partial charge in [-0.25, -0.2) is 27.7 Å². The quantitative estimate of drug-likeness (QED) is 0.215. The normalized spacial score (nSPS) is 11.6. The van der Waals surface area contributed by atoms with Crippen LogP contribution < -0.4 is 26.0 Å². The molecular formula is C25H21F4N7O3S. The van der Waals surface area contributed by atoms with Crippen LogP contribution in [0.25, 0.3) is 0 Å². The predicted molar refractivity (Wildman–Crippen MR) is 142 cm³/mol. The van der Waals surface area contributed by atoms with E-state index in [0.29, 0.717) is 41.1 Å². The number of primary sulfonamides is 1. The molecule has 4 rings (SSSR count). The summed E-state index contributed by atoms with van der Waals surface area (Å²) in [6.07, 6.45) is -3.17. The van der Waals surface area contributed by atoms with Crippen LogP contribution in [-0.2, 0) is 16.2 Å². The Kier molecular flexibility index (Phi) is 7.88. The van der Waals surface area contributed by atoms with Gasteiger partial charge in [0.25, 0.3) is 0 Å². The van der Waals surface area contributed by atoms with E-state index in [1.165, 1.54) is 30.5 Å². The first kappa shape index (κ1) is 28.3. The Labute approximate surface area is 225 Å². The van der Waals surface area contributed by atoms with Gasteiger partial charge in [-0.05, 0) is 72.8 Å². The van der Waals surface area contributed by atoms with Crippen LogP contribution in [0.5, 0.6) is 0 Å². The minimum absolute atomic E-state index is 0.0364. The average molecular weight is 576 g/mol. The molecule has 1 aromatic heterocycles. The summed E-state index contributed by atoms with van der Waals surface area (Å²) in [4.78, 5) is 22.5. The van der Waals surface area contributed by atoms with Crippen molar-refractivity contribution in [3.63, 3.8) is 0 Å². The number of nitrogens with zero attached hydrogens (tertiary/aromatic N) is 3. The highest BCUT2D eigenvalue weighted by Crippen LogP contribution is 2.32. The van der Waals surface area contributed by atoms with Crippen molar-refractivity contribution in [3.05, 3.63) is 90.4 Å². The van der Waals surface area contributed by atoms with Crippen molar-refractivity contribution < 1.29 is 30.8 Å². The molecular weight excluding hydrogens is 554 g/mol. The van der Waals surface area contributed by atoms with E-state index in [4.69, 9.17) is 5.14 Å². The molecule has 15 heteroatoms. The summed E-state index contributed by atoms with van der Waals surface area (Å²) in [7, 11) is -2.08. The zero-order valence-corrected chi connectivity index (χ0v) is 21.4. The number of nitrogens with two attached hydrogens (primary N) is 1. The third-order valence-electron chi connectivity index (χ3n) is 5.48. The molecule has 0 saturated heterocycles. The van der Waals surface area contributed by atoms with Gasteiger partial charge in [-0.1, -0.05) is 0 Å². The van der Waals surface area contributed by atoms with Crippen LogP contribution >= 0.6 is 0 Å². The fourth-order valence-electron chi connectivity index (χ4n) is 3.44. The topological polar surface area (TPSA) is 142 Å². The number of nitrogens with one attached hydrogen (secondary N) is 3. The average Bonchev–Trinajstić information content (AvgIpc) is 2.89. The van der Waals surface area contributed by atoms with E-state index in [1.54, 1.807) is 42.3 Å². The molecule has 208 valence electrons. The number of aromatic nitrogens is 2. The monoisotopic (exact) mass is 575 g/mol. The molecule has 0 aliphatic rings. The summed E-state index contributed by atoms with van der Waals surface area (Å²) in [6, 6.07) is 14.6. The maximum atomic E-state index is 13.9. The molecule has 0 atom stereocenters. The predicted octanol–water partition coefficient (Wildman–Crippen LogP) is 5.44. The summed E-state index contributed by atoms with van der Waals surface area (Å²) in [5, 5.41) is 12.6. The molecule has 0 fully saturated rings. The van der Waals surface area contributed by atoms with E-state index in [9.17, 15) is 30.8 Å². The number of rotatable bonds is 7. The molecule has 0 unspecified atom stereocenters. The van der Waals surface area contributed by atoms with E-state index >= 15 is 0 Å². The molecule has 2 amide bonds. The van der Waals surface area contributed by atoms with Crippen molar-refractivity contribution >= 4 is 50.6 Å². The molecule has 0 spiro atoms. The molecule has 4 aromatic rings. The molecule has 0 aliphatic heterocycles. The van der Waals surface area contributed by atoms with Gasteiger partial charge in [0.1, 0.15) is 11.6 Å².